The first-order chi connectivity index (χ1) is 9.91. The lowest BCUT2D eigenvalue weighted by Gasteiger charge is -2.41. The standard InChI is InChI=1S/C17H27N3O/c1-17(2,3)20-11-9-13(10-12-20)19-16(21)14-7-5-6-8-15(14)18-4/h5-8,13,18H,9-12H2,1-4H3,(H,19,21). The molecule has 0 unspecified atom stereocenters. The molecule has 0 atom stereocenters. The van der Waals surface area contributed by atoms with Crippen LogP contribution >= 0.6 is 0 Å². The molecule has 4 heteroatoms. The first-order valence-corrected chi connectivity index (χ1v) is 7.74. The lowest BCUT2D eigenvalue weighted by molar-refractivity contribution is 0.0813. The zero-order valence-electron chi connectivity index (χ0n) is 13.6. The Hall–Kier alpha value is -1.55. The summed E-state index contributed by atoms with van der Waals surface area (Å²) in [5.74, 6) is 0.0224. The van der Waals surface area contributed by atoms with E-state index in [9.17, 15) is 4.79 Å². The average Bonchev–Trinajstić information content (AvgIpc) is 2.46. The van der Waals surface area contributed by atoms with Gasteiger partial charge in [-0.05, 0) is 45.7 Å². The molecule has 116 valence electrons. The second kappa shape index (κ2) is 6.48. The first-order valence-electron chi connectivity index (χ1n) is 7.74. The van der Waals surface area contributed by atoms with Crippen LogP contribution in [0.15, 0.2) is 24.3 Å². The van der Waals surface area contributed by atoms with Crippen LogP contribution in [-0.2, 0) is 0 Å². The van der Waals surface area contributed by atoms with E-state index >= 15 is 0 Å². The molecule has 1 aliphatic rings. The van der Waals surface area contributed by atoms with E-state index in [-0.39, 0.29) is 17.5 Å². The molecule has 2 rings (SSSR count). The van der Waals surface area contributed by atoms with Crippen molar-refractivity contribution in [1.29, 1.82) is 0 Å². The number of benzene rings is 1. The Morgan fingerprint density at radius 3 is 2.38 bits per heavy atom. The number of carbonyl (C=O) groups is 1. The first kappa shape index (κ1) is 15.8. The Kier molecular flexibility index (Phi) is 4.88. The largest absolute Gasteiger partial charge is 0.387 e. The van der Waals surface area contributed by atoms with Gasteiger partial charge in [0.25, 0.3) is 5.91 Å². The molecule has 1 aromatic rings. The molecule has 1 amide bonds. The van der Waals surface area contributed by atoms with Gasteiger partial charge in [0.2, 0.25) is 0 Å². The van der Waals surface area contributed by atoms with Gasteiger partial charge in [0.05, 0.1) is 5.56 Å². The molecule has 0 radical (unpaired) electrons. The van der Waals surface area contributed by atoms with Gasteiger partial charge in [-0.2, -0.15) is 0 Å². The number of rotatable bonds is 3. The number of nitrogens with one attached hydrogen (secondary N) is 2. The van der Waals surface area contributed by atoms with E-state index in [0.29, 0.717) is 0 Å². The fourth-order valence-corrected chi connectivity index (χ4v) is 2.86. The second-order valence-electron chi connectivity index (χ2n) is 6.70. The van der Waals surface area contributed by atoms with Gasteiger partial charge in [-0.15, -0.1) is 0 Å². The molecule has 4 nitrogen and oxygen atoms in total. The molecule has 0 spiro atoms. The monoisotopic (exact) mass is 289 g/mol. The minimum atomic E-state index is 0.0224. The van der Waals surface area contributed by atoms with Crippen LogP contribution in [0.4, 0.5) is 5.69 Å². The van der Waals surface area contributed by atoms with Crippen LogP contribution in [-0.4, -0.2) is 42.5 Å². The fourth-order valence-electron chi connectivity index (χ4n) is 2.86. The number of nitrogens with zero attached hydrogens (tertiary/aromatic N) is 1. The highest BCUT2D eigenvalue weighted by atomic mass is 16.1. The second-order valence-corrected chi connectivity index (χ2v) is 6.70. The van der Waals surface area contributed by atoms with Crippen LogP contribution in [0.2, 0.25) is 0 Å². The van der Waals surface area contributed by atoms with Crippen molar-refractivity contribution in [3.05, 3.63) is 29.8 Å². The highest BCUT2D eigenvalue weighted by Gasteiger charge is 2.27. The van der Waals surface area contributed by atoms with E-state index in [1.807, 2.05) is 31.3 Å². The summed E-state index contributed by atoms with van der Waals surface area (Å²) < 4.78 is 0. The maximum Gasteiger partial charge on any atom is 0.253 e. The van der Waals surface area contributed by atoms with Crippen molar-refractivity contribution in [2.45, 2.75) is 45.2 Å². The van der Waals surface area contributed by atoms with Crippen molar-refractivity contribution in [3.8, 4) is 0 Å². The van der Waals surface area contributed by atoms with Crippen LogP contribution in [0.3, 0.4) is 0 Å². The van der Waals surface area contributed by atoms with E-state index in [0.717, 1.165) is 37.2 Å². The van der Waals surface area contributed by atoms with E-state index in [1.54, 1.807) is 0 Å². The third-order valence-corrected chi connectivity index (χ3v) is 4.22. The number of likely N-dealkylation sites (tertiary alicyclic amines) is 1. The Balaban J connectivity index is 1.93. The zero-order valence-corrected chi connectivity index (χ0v) is 13.6. The number of hydrogen-bond donors (Lipinski definition) is 2. The molecule has 0 aliphatic carbocycles. The smallest absolute Gasteiger partial charge is 0.253 e. The fraction of sp³-hybridized carbons (Fsp3) is 0.588. The van der Waals surface area contributed by atoms with Gasteiger partial charge in [-0.25, -0.2) is 0 Å². The Morgan fingerprint density at radius 2 is 1.81 bits per heavy atom. The molecule has 0 aromatic heterocycles. The van der Waals surface area contributed by atoms with Crippen molar-refractivity contribution < 1.29 is 4.79 Å². The topological polar surface area (TPSA) is 44.4 Å². The van der Waals surface area contributed by atoms with Crippen molar-refractivity contribution in [3.63, 3.8) is 0 Å². The number of amides is 1. The van der Waals surface area contributed by atoms with Gasteiger partial charge in [0.1, 0.15) is 0 Å². The van der Waals surface area contributed by atoms with E-state index < -0.39 is 0 Å². The predicted molar refractivity (Wildman–Crippen MR) is 87.8 cm³/mol. The summed E-state index contributed by atoms with van der Waals surface area (Å²) in [6.07, 6.45) is 2.04. The van der Waals surface area contributed by atoms with Crippen molar-refractivity contribution in [1.82, 2.24) is 10.2 Å². The van der Waals surface area contributed by atoms with E-state index in [1.165, 1.54) is 0 Å². The normalized spacial score (nSPS) is 17.5. The molecule has 21 heavy (non-hydrogen) atoms. The van der Waals surface area contributed by atoms with Crippen molar-refractivity contribution in [2.75, 3.05) is 25.5 Å². The molecule has 2 N–H and O–H groups in total. The number of hydrogen-bond acceptors (Lipinski definition) is 3. The van der Waals surface area contributed by atoms with Crippen molar-refractivity contribution >= 4 is 11.6 Å². The highest BCUT2D eigenvalue weighted by Crippen LogP contribution is 2.21. The predicted octanol–water partition coefficient (Wildman–Crippen LogP) is 2.72. The minimum absolute atomic E-state index is 0.0224. The molecule has 1 heterocycles. The lowest BCUT2D eigenvalue weighted by atomic mass is 9.98. The summed E-state index contributed by atoms with van der Waals surface area (Å²) in [6.45, 7) is 8.82. The summed E-state index contributed by atoms with van der Waals surface area (Å²) in [6, 6.07) is 7.91. The third-order valence-electron chi connectivity index (χ3n) is 4.22. The molecule has 0 bridgehead atoms. The maximum absolute atomic E-state index is 12.4. The lowest BCUT2D eigenvalue weighted by Crippen LogP contribution is -2.50. The molecule has 1 saturated heterocycles. The van der Waals surface area contributed by atoms with Gasteiger partial charge in [-0.1, -0.05) is 12.1 Å². The molecule has 0 saturated carbocycles. The van der Waals surface area contributed by atoms with Crippen LogP contribution < -0.4 is 10.6 Å². The molecule has 1 fully saturated rings. The summed E-state index contributed by atoms with van der Waals surface area (Å²) >= 11 is 0. The van der Waals surface area contributed by atoms with Crippen molar-refractivity contribution in [2.24, 2.45) is 0 Å². The molecule has 1 aromatic carbocycles. The van der Waals surface area contributed by atoms with Crippen LogP contribution in [0.25, 0.3) is 0 Å². The summed E-state index contributed by atoms with van der Waals surface area (Å²) in [7, 11) is 1.84. The average molecular weight is 289 g/mol. The molecule has 1 aliphatic heterocycles. The number of carbonyl (C=O) groups excluding carboxylic acids is 1. The number of piperidine rings is 1. The third kappa shape index (κ3) is 3.97. The van der Waals surface area contributed by atoms with Crippen LogP contribution in [0.1, 0.15) is 44.0 Å². The van der Waals surface area contributed by atoms with Gasteiger partial charge in [0.15, 0.2) is 0 Å². The van der Waals surface area contributed by atoms with Gasteiger partial charge < -0.3 is 10.6 Å². The Labute approximate surface area is 127 Å². The SMILES string of the molecule is CNc1ccccc1C(=O)NC1CCN(C(C)(C)C)CC1. The van der Waals surface area contributed by atoms with Crippen LogP contribution in [0.5, 0.6) is 0 Å². The molecular formula is C17H27N3O. The zero-order chi connectivity index (χ0) is 15.5. The number of para-hydroxylation sites is 1. The highest BCUT2D eigenvalue weighted by molar-refractivity contribution is 5.99. The quantitative estimate of drug-likeness (QED) is 0.899. The Morgan fingerprint density at radius 1 is 1.19 bits per heavy atom. The number of anilines is 1. The summed E-state index contributed by atoms with van der Waals surface area (Å²) in [5, 5.41) is 6.25. The Bertz CT molecular complexity index is 485. The summed E-state index contributed by atoms with van der Waals surface area (Å²) in [4.78, 5) is 14.9. The minimum Gasteiger partial charge on any atom is -0.387 e. The van der Waals surface area contributed by atoms with Gasteiger partial charge in [0, 0.05) is 37.4 Å². The maximum atomic E-state index is 12.4. The summed E-state index contributed by atoms with van der Waals surface area (Å²) in [5.41, 5.74) is 1.81. The van der Waals surface area contributed by atoms with Crippen LogP contribution in [0, 0.1) is 0 Å². The molecular weight excluding hydrogens is 262 g/mol. The van der Waals surface area contributed by atoms with E-state index in [4.69, 9.17) is 0 Å². The van der Waals surface area contributed by atoms with E-state index in [2.05, 4.69) is 36.3 Å². The van der Waals surface area contributed by atoms with Gasteiger partial charge in [-0.3, -0.25) is 9.69 Å². The van der Waals surface area contributed by atoms with Gasteiger partial charge >= 0.3 is 0 Å².